The highest BCUT2D eigenvalue weighted by Crippen LogP contribution is 2.63. The molecule has 9 aliphatic rings. The molecule has 7 aromatic heterocycles. The molecule has 0 aliphatic heterocycles. The van der Waals surface area contributed by atoms with E-state index >= 15 is 13.2 Å². The summed E-state index contributed by atoms with van der Waals surface area (Å²) in [6, 6.07) is 32.2. The molecule has 10 aromatic rings. The number of ketones is 1. The number of aromatic nitrogens is 10. The van der Waals surface area contributed by atoms with Crippen LogP contribution in [0.4, 0.5) is 13.2 Å². The molecule has 734 valence electrons. The average Bonchev–Trinajstić information content (AvgIpc) is 1.69. The second kappa shape index (κ2) is 30.9. The number of allylic oxidation sites excluding steroid dienone is 4. The molecule has 117 heavy (non-hydrogen) atoms. The molecular weight excluding hydrogens is 1470 g/mol. The van der Waals surface area contributed by atoms with E-state index in [1.54, 1.807) is 54.9 Å². The van der Waals surface area contributed by atoms with Crippen molar-refractivity contribution in [1.82, 2.24) is 50.0 Å². The van der Waals surface area contributed by atoms with Gasteiger partial charge in [0.2, 0.25) is 11.4 Å². The third kappa shape index (κ3) is 13.9. The number of nitrogens with zero attached hydrogens (tertiary/aromatic N) is 12. The van der Waals surface area contributed by atoms with Gasteiger partial charge >= 0.3 is 0 Å². The standard InChI is InChI=1S/2C32H33FN4O2.C32H31FN4O2.68H2/c1-31(13-5-15-38)26-11-10-23-27(22-6-3-4-7-24(22)33)36-30(20-12-14-34-25(16-20)19-8-9-19)37-28(23)32(26,2)17-21-18-35-39-29(21)31;2*1-31(14-6-16-38)26-12-11-22-27(21-7-4-5-8-23(21)33)36-30(20-13-15-35-24(17-20)19-9-10-19)37-28(22)32(26,2)18-25(34-3)29(31)39;;;;;;;;;;;;;;;;;;;;;;;;;;;;;;;;;;;;;;;;;;;;;;;;;;;;;;;;;;;;;;;;;;;;/h3-4,6-7,12,14,16,18-19,26,38H,5,8-11,13,15,17H2,1-2H3;4-5,7-8,13,15,17,19,26,38-39H,6,9-12,14,16,18H2,1-2H3;4-5,7-8,13,15,17-19,26,38H,6,9-12,14,16H2,1-2H3;68*1H/t3*26-,31-,32-;;;;;;;;;;;;;;;;;;;;;;;;;;;;;;;;;;;;;;;;;;;;;;;;;;;;;;;;;;;;;;;;;;;;/m111..................................................................../s1/i;;;68*1+2T. The maximum atomic E-state index is 15.3. The monoisotopic (exact) mass is 1980 g/mol. The van der Waals surface area contributed by atoms with Gasteiger partial charge in [-0.15, -0.1) is 0 Å². The summed E-state index contributed by atoms with van der Waals surface area (Å²) in [6.07, 6.45) is 24.8. The fraction of sp³-hybridized carbons (Fsp3) is 0.427. The van der Waals surface area contributed by atoms with Gasteiger partial charge in [-0.05, 0) is 219 Å². The topological polar surface area (TPSA) is 249 Å². The second-order valence-corrected chi connectivity index (χ2v) is 35.4. The van der Waals surface area contributed by atoms with Gasteiger partial charge in [-0.2, -0.15) is 0 Å². The van der Waals surface area contributed by atoms with Crippen molar-refractivity contribution in [3.8, 4) is 67.9 Å². The number of benzene rings is 3. The Bertz CT molecular complexity index is 6000. The summed E-state index contributed by atoms with van der Waals surface area (Å²) in [6.45, 7) is 28.5. The molecule has 0 spiro atoms. The number of rotatable bonds is 18. The zero-order chi connectivity index (χ0) is 218. The Labute approximate surface area is 890 Å². The lowest BCUT2D eigenvalue weighted by molar-refractivity contribution is -0.130. The smallest absolute Gasteiger partial charge is 0.226 e. The van der Waals surface area contributed by atoms with Crippen molar-refractivity contribution in [1.29, 1.82) is 0 Å². The lowest BCUT2D eigenvalue weighted by Gasteiger charge is -2.54. The Morgan fingerprint density at radius 1 is 0.496 bits per heavy atom. The van der Waals surface area contributed by atoms with E-state index in [2.05, 4.69) is 69.6 Å². The van der Waals surface area contributed by atoms with Crippen molar-refractivity contribution in [3.63, 3.8) is 0 Å². The van der Waals surface area contributed by atoms with Crippen LogP contribution < -0.4 is 0 Å². The van der Waals surface area contributed by atoms with Crippen LogP contribution in [-0.2, 0) is 52.1 Å². The van der Waals surface area contributed by atoms with E-state index < -0.39 is 21.7 Å². The van der Waals surface area contributed by atoms with E-state index in [1.165, 1.54) is 18.2 Å². The average molecular weight is 1980 g/mol. The lowest BCUT2D eigenvalue weighted by atomic mass is 9.50. The quantitative estimate of drug-likeness (QED) is 0.0583. The summed E-state index contributed by atoms with van der Waals surface area (Å²) >= 11 is 0. The highest BCUT2D eigenvalue weighted by Gasteiger charge is 2.60. The Kier molecular flexibility index (Phi) is 8.57. The number of fused-ring (bicyclic) bond motifs is 10. The summed E-state index contributed by atoms with van der Waals surface area (Å²) in [5.41, 5.74) is 12.4. The molecule has 0 bridgehead atoms. The summed E-state index contributed by atoms with van der Waals surface area (Å²) in [5, 5.41) is 44.5. The zero-order valence-electron chi connectivity index (χ0n) is 203. The van der Waals surface area contributed by atoms with E-state index in [0.717, 1.165) is 149 Å². The Morgan fingerprint density at radius 2 is 0.889 bits per heavy atom. The summed E-state index contributed by atoms with van der Waals surface area (Å²) < 4.78 is 732. The van der Waals surface area contributed by atoms with Crippen LogP contribution >= 0.6 is 0 Å². The third-order valence-electron chi connectivity index (χ3n) is 27.8. The molecule has 0 unspecified atom stereocenters. The van der Waals surface area contributed by atoms with Gasteiger partial charge in [-0.1, -0.05) is 89.2 Å². The van der Waals surface area contributed by atoms with Crippen molar-refractivity contribution < 1.29 is 245 Å². The fourth-order valence-corrected chi connectivity index (χ4v) is 21.6. The number of aliphatic hydroxyl groups excluding tert-OH is 4. The molecule has 9 atom stereocenters. The zero-order valence-corrected chi connectivity index (χ0v) is 67.1. The number of halogens is 3. The number of hydrogen-bond acceptors (Lipinski definition) is 16. The van der Waals surface area contributed by atoms with Gasteiger partial charge in [0.15, 0.2) is 23.3 Å². The Hall–Kier alpha value is -10.8. The minimum atomic E-state index is -0.817. The molecule has 18 nitrogen and oxygen atoms in total. The molecule has 3 saturated carbocycles. The normalized spacial score (nSPS) is 30.5. The van der Waals surface area contributed by atoms with Gasteiger partial charge in [-0.25, -0.2) is 52.8 Å². The van der Waals surface area contributed by atoms with Crippen molar-refractivity contribution in [2.75, 3.05) is 19.8 Å². The van der Waals surface area contributed by atoms with E-state index in [0.29, 0.717) is 132 Å². The van der Waals surface area contributed by atoms with Crippen LogP contribution in [-0.4, -0.2) is 96.0 Å². The van der Waals surface area contributed by atoms with Crippen LogP contribution in [0.5, 0.6) is 0 Å². The number of carbonyl (C=O) groups is 1. The number of aliphatic hydroxyl groups is 4. The van der Waals surface area contributed by atoms with E-state index in [9.17, 15) is 25.2 Å². The predicted octanol–water partition coefficient (Wildman–Crippen LogP) is 36.2. The molecule has 4 N–H and O–H groups in total. The van der Waals surface area contributed by atoms with E-state index in [-0.39, 0.29) is 83.1 Å². The summed E-state index contributed by atoms with van der Waals surface area (Å²) in [5.74, 6) is 3.11. The number of Topliss-reactive ketones (excluding diaryl/α,β-unsaturated/α-hetero) is 1. The first-order chi connectivity index (χ1) is 125. The first-order valence-electron chi connectivity index (χ1n) is 110. The van der Waals surface area contributed by atoms with Crippen molar-refractivity contribution in [2.45, 2.75) is 209 Å². The highest BCUT2D eigenvalue weighted by atomic mass is 19.1. The van der Waals surface area contributed by atoms with Crippen molar-refractivity contribution in [3.05, 3.63) is 260 Å². The van der Waals surface area contributed by atoms with Gasteiger partial charge in [0, 0.05) is 363 Å². The second-order valence-electron chi connectivity index (χ2n) is 35.4. The van der Waals surface area contributed by atoms with E-state index in [4.69, 9.17) is 250 Å². The van der Waals surface area contributed by atoms with Gasteiger partial charge in [0.05, 0.1) is 53.5 Å². The van der Waals surface area contributed by atoms with Gasteiger partial charge in [0.25, 0.3) is 0 Å². The molecule has 3 fully saturated rings. The Morgan fingerprint density at radius 3 is 1.31 bits per heavy atom. The fourth-order valence-electron chi connectivity index (χ4n) is 21.6. The first-order valence-corrected chi connectivity index (χ1v) is 41.6. The maximum absolute atomic E-state index is 15.3. The van der Waals surface area contributed by atoms with E-state index in [1.807, 2.05) is 68.7 Å². The largest absolute Gasteiger partial charge is 0.523 e. The third-order valence-corrected chi connectivity index (χ3v) is 27.8. The minimum absolute atomic E-state index is 0.00904. The van der Waals surface area contributed by atoms with Crippen LogP contribution in [0.25, 0.3) is 77.6 Å². The molecule has 0 radical (unpaired) electrons. The molecule has 9 aliphatic carbocycles. The predicted molar refractivity (Wildman–Crippen MR) is 582 cm³/mol. The minimum Gasteiger partial charge on any atom is -0.523 e. The molecule has 19 rings (SSSR count). The van der Waals surface area contributed by atoms with Crippen molar-refractivity contribution >= 4 is 5.78 Å². The molecule has 7 heterocycles. The molecule has 21 heteroatoms. The lowest BCUT2D eigenvalue weighted by Crippen LogP contribution is -2.53. The van der Waals surface area contributed by atoms with Gasteiger partial charge < -0.3 is 29.7 Å². The van der Waals surface area contributed by atoms with Gasteiger partial charge in [-0.3, -0.25) is 15.0 Å². The van der Waals surface area contributed by atoms with Crippen LogP contribution in [0.1, 0.15) is 426 Å². The van der Waals surface area contributed by atoms with Crippen LogP contribution in [0, 0.1) is 59.2 Å². The summed E-state index contributed by atoms with van der Waals surface area (Å²) in [7, 11) is 0. The molecule has 0 amide bonds. The maximum Gasteiger partial charge on any atom is 0.226 e. The summed E-state index contributed by atoms with van der Waals surface area (Å²) in [4.78, 5) is 65.3. The number of carbonyl (C=O) groups excluding carboxylic acids is 1. The molecular formula is C96H233F3N12O6. The highest BCUT2D eigenvalue weighted by molar-refractivity contribution is 6.03. The molecule has 0 saturated heterocycles. The van der Waals surface area contributed by atoms with Crippen LogP contribution in [0.2, 0.25) is 0 Å². The molecule has 3 aromatic carbocycles. The number of hydrogen-bond donors (Lipinski definition) is 4. The Balaban J connectivity index is -0.0000000359. The van der Waals surface area contributed by atoms with Gasteiger partial charge in [0.1, 0.15) is 29.0 Å². The van der Waals surface area contributed by atoms with Crippen LogP contribution in [0.15, 0.2) is 162 Å². The first kappa shape index (κ1) is 32.5. The number of pyridine rings is 3. The SMILES string of the molecule is C[C@@]12Cc3cnoc3[C@](C)(CCCO)[C@H]1CCc1c(-c3ccccc3F)nc(-c3ccnc(C4CC4)c3)nc12.[3H][3H].[3H][3H].[3H][3H].[3H][3H].[3H][3H].[3H][3H].[3H][3H].[3H][3H].[3H][3H].[3H][3H].[3H][3H].[3H][3H].[3H][3H].[3H][3H].[3H][3H].[3H][3H].[3H][3H].[3H][3H].[3H][3H].[3H][3H].[3H][3H].[3H][3H].[3H][3H].[3H][3H].[3H][3H].[3H][3H].[3H][3H].[3H][3H].[3H][3H].[3H][3H].[3H][3H].[3H][3H].[3H][3H].[3H][3H].[3H][3H].[3H][3H].[3H][3H].[3H][3H].[3H][3H].[3H][3H].[3H][3H].[3H][3H].[3H][3H].[3H][3H].[3H][3H].[3H][3H].[3H][3H].[3H][3H].[3H][3H].[3H][3H].[3H][3H].[3H][3H].[3H][3H].[3H][3H].[3H][3H].[3H][3H].[3H][3H].[3H][3H].[3H][3H].[3H][3H].[3H][3H].[3H][3H].[3H][3H].[3H][3H].[3H][3H].[3H][3H].[3H][3H].[3H][3H].[C-]#[N+]C1=C(O)[C@](C)(CCCO)[C@H]2CCc3c(-c4ccccc4F)nc(-c4ccnc(C5CC5)c4)nc3[C@]2(C)C1.[C-]#[N+]C1=C[C@@]2(C)c3nc(-c4ccnc(C5CC5)c4)nc(-c4ccccc4F)c3CC[C@@H]2[C@@](C)(CCCO)C1=O. The van der Waals surface area contributed by atoms with Crippen molar-refractivity contribution in [2.24, 2.45) is 28.6 Å². The van der Waals surface area contributed by atoms with Crippen LogP contribution in [0.3, 0.4) is 0 Å².